The first-order valence-corrected chi connectivity index (χ1v) is 7.19. The average molecular weight is 281 g/mol. The highest BCUT2D eigenvalue weighted by Gasteiger charge is 2.25. The summed E-state index contributed by atoms with van der Waals surface area (Å²) in [5.41, 5.74) is 0.470. The number of carbonyl (C=O) groups excluding carboxylic acids is 1. The van der Waals surface area contributed by atoms with Gasteiger partial charge in [0.15, 0.2) is 0 Å². The van der Waals surface area contributed by atoms with Crippen molar-refractivity contribution in [2.24, 2.45) is 11.8 Å². The van der Waals surface area contributed by atoms with Gasteiger partial charge in [0.25, 0.3) is 5.91 Å². The van der Waals surface area contributed by atoms with Crippen LogP contribution in [0.5, 0.6) is 0 Å². The van der Waals surface area contributed by atoms with E-state index in [1.807, 2.05) is 0 Å². The third-order valence-electron chi connectivity index (χ3n) is 3.72. The molecule has 2 rings (SSSR count). The van der Waals surface area contributed by atoms with Crippen LogP contribution in [0.2, 0.25) is 0 Å². The van der Waals surface area contributed by atoms with Gasteiger partial charge in [-0.2, -0.15) is 0 Å². The summed E-state index contributed by atoms with van der Waals surface area (Å²) in [5, 5.41) is 3.05. The van der Waals surface area contributed by atoms with Gasteiger partial charge >= 0.3 is 0 Å². The molecule has 0 aliphatic heterocycles. The first-order valence-electron chi connectivity index (χ1n) is 6.75. The van der Waals surface area contributed by atoms with E-state index in [4.69, 9.17) is 0 Å². The number of thiol groups is 1. The lowest BCUT2D eigenvalue weighted by Gasteiger charge is -2.32. The van der Waals surface area contributed by atoms with E-state index in [-0.39, 0.29) is 16.8 Å². The molecule has 1 aromatic rings. The molecule has 0 bridgehead atoms. The quantitative estimate of drug-likeness (QED) is 0.796. The average Bonchev–Trinajstić information content (AvgIpc) is 2.31. The maximum absolute atomic E-state index is 13.1. The van der Waals surface area contributed by atoms with Crippen LogP contribution in [-0.2, 0) is 0 Å². The summed E-state index contributed by atoms with van der Waals surface area (Å²) in [7, 11) is 0. The van der Waals surface area contributed by atoms with E-state index < -0.39 is 5.82 Å². The highest BCUT2D eigenvalue weighted by Crippen LogP contribution is 2.28. The van der Waals surface area contributed by atoms with Crippen LogP contribution < -0.4 is 5.32 Å². The molecule has 1 amide bonds. The summed E-state index contributed by atoms with van der Waals surface area (Å²) < 4.78 is 13.1. The molecule has 2 unspecified atom stereocenters. The zero-order chi connectivity index (χ0) is 14.0. The molecule has 4 heteroatoms. The van der Waals surface area contributed by atoms with Gasteiger partial charge in [-0.05, 0) is 49.3 Å². The summed E-state index contributed by atoms with van der Waals surface area (Å²) in [5.74, 6) is 0.742. The number of benzene rings is 1. The Morgan fingerprint density at radius 2 is 1.89 bits per heavy atom. The van der Waals surface area contributed by atoms with Gasteiger partial charge in [0.05, 0.1) is 0 Å². The van der Waals surface area contributed by atoms with E-state index in [0.29, 0.717) is 17.4 Å². The molecule has 1 fully saturated rings. The second kappa shape index (κ2) is 5.95. The Bertz CT molecular complexity index is 467. The molecule has 0 radical (unpaired) electrons. The van der Waals surface area contributed by atoms with Crippen molar-refractivity contribution in [3.8, 4) is 0 Å². The Balaban J connectivity index is 2.02. The van der Waals surface area contributed by atoms with Crippen molar-refractivity contribution >= 4 is 18.5 Å². The van der Waals surface area contributed by atoms with Gasteiger partial charge in [-0.15, -0.1) is 12.6 Å². The first-order chi connectivity index (χ1) is 8.95. The summed E-state index contributed by atoms with van der Waals surface area (Å²) >= 11 is 4.00. The van der Waals surface area contributed by atoms with Crippen molar-refractivity contribution in [1.82, 2.24) is 5.32 Å². The Morgan fingerprint density at radius 3 is 2.47 bits per heavy atom. The van der Waals surface area contributed by atoms with Crippen LogP contribution in [0.25, 0.3) is 0 Å². The number of hydrogen-bond acceptors (Lipinski definition) is 2. The van der Waals surface area contributed by atoms with Gasteiger partial charge in [0.1, 0.15) is 5.82 Å². The molecule has 1 aromatic carbocycles. The zero-order valence-electron chi connectivity index (χ0n) is 11.3. The molecule has 1 aliphatic carbocycles. The monoisotopic (exact) mass is 281 g/mol. The van der Waals surface area contributed by atoms with Gasteiger partial charge in [0.2, 0.25) is 0 Å². The number of carbonyl (C=O) groups is 1. The minimum Gasteiger partial charge on any atom is -0.349 e. The zero-order valence-corrected chi connectivity index (χ0v) is 12.2. The number of nitrogens with one attached hydrogen (secondary N) is 1. The lowest BCUT2D eigenvalue weighted by molar-refractivity contribution is 0.0911. The highest BCUT2D eigenvalue weighted by molar-refractivity contribution is 7.80. The fraction of sp³-hybridized carbons (Fsp3) is 0.533. The largest absolute Gasteiger partial charge is 0.349 e. The summed E-state index contributed by atoms with van der Waals surface area (Å²) in [6.45, 7) is 4.44. The van der Waals surface area contributed by atoms with Gasteiger partial charge in [-0.25, -0.2) is 4.39 Å². The summed E-state index contributed by atoms with van der Waals surface area (Å²) in [4.78, 5) is 12.3. The molecule has 19 heavy (non-hydrogen) atoms. The lowest BCUT2D eigenvalue weighted by atomic mass is 9.80. The lowest BCUT2D eigenvalue weighted by Crippen LogP contribution is -2.40. The Labute approximate surface area is 119 Å². The Kier molecular flexibility index (Phi) is 4.50. The van der Waals surface area contributed by atoms with E-state index in [0.717, 1.165) is 12.8 Å². The van der Waals surface area contributed by atoms with Crippen molar-refractivity contribution in [3.05, 3.63) is 29.6 Å². The fourth-order valence-corrected chi connectivity index (χ4v) is 3.20. The molecular formula is C15H20FNOS. The SMILES string of the molecule is CC1CC(C)CC(NC(=O)c2ccc(F)c(S)c2)C1. The van der Waals surface area contributed by atoms with Gasteiger partial charge < -0.3 is 5.32 Å². The molecular weight excluding hydrogens is 261 g/mol. The number of amides is 1. The minimum absolute atomic E-state index is 0.137. The Morgan fingerprint density at radius 1 is 1.26 bits per heavy atom. The molecule has 0 saturated heterocycles. The molecule has 0 heterocycles. The fourth-order valence-electron chi connectivity index (χ4n) is 2.99. The predicted octanol–water partition coefficient (Wildman–Crippen LogP) is 3.67. The smallest absolute Gasteiger partial charge is 0.251 e. The number of rotatable bonds is 2. The van der Waals surface area contributed by atoms with E-state index in [9.17, 15) is 9.18 Å². The van der Waals surface area contributed by atoms with Crippen LogP contribution in [0.15, 0.2) is 23.1 Å². The van der Waals surface area contributed by atoms with Crippen molar-refractivity contribution in [2.75, 3.05) is 0 Å². The molecule has 1 aliphatic rings. The van der Waals surface area contributed by atoms with Crippen LogP contribution in [-0.4, -0.2) is 11.9 Å². The third-order valence-corrected chi connectivity index (χ3v) is 4.06. The minimum atomic E-state index is -0.403. The maximum Gasteiger partial charge on any atom is 0.251 e. The van der Waals surface area contributed by atoms with Gasteiger partial charge in [-0.1, -0.05) is 13.8 Å². The number of halogens is 1. The second-order valence-electron chi connectivity index (χ2n) is 5.75. The molecule has 0 aromatic heterocycles. The Hall–Kier alpha value is -1.03. The topological polar surface area (TPSA) is 29.1 Å². The van der Waals surface area contributed by atoms with Crippen LogP contribution in [0, 0.1) is 17.7 Å². The van der Waals surface area contributed by atoms with E-state index in [1.54, 1.807) is 0 Å². The van der Waals surface area contributed by atoms with Crippen molar-refractivity contribution in [3.63, 3.8) is 0 Å². The van der Waals surface area contributed by atoms with Crippen LogP contribution in [0.1, 0.15) is 43.5 Å². The molecule has 1 saturated carbocycles. The maximum atomic E-state index is 13.1. The van der Waals surface area contributed by atoms with Crippen molar-refractivity contribution in [2.45, 2.75) is 44.0 Å². The molecule has 1 N–H and O–H groups in total. The van der Waals surface area contributed by atoms with E-state index >= 15 is 0 Å². The second-order valence-corrected chi connectivity index (χ2v) is 6.24. The molecule has 2 atom stereocenters. The molecule has 2 nitrogen and oxygen atoms in total. The highest BCUT2D eigenvalue weighted by atomic mass is 32.1. The van der Waals surface area contributed by atoms with E-state index in [2.05, 4.69) is 31.8 Å². The van der Waals surface area contributed by atoms with Gasteiger partial charge in [0, 0.05) is 16.5 Å². The molecule has 0 spiro atoms. The van der Waals surface area contributed by atoms with Crippen molar-refractivity contribution in [1.29, 1.82) is 0 Å². The summed E-state index contributed by atoms with van der Waals surface area (Å²) in [6.07, 6.45) is 3.26. The van der Waals surface area contributed by atoms with Crippen LogP contribution >= 0.6 is 12.6 Å². The predicted molar refractivity (Wildman–Crippen MR) is 77.1 cm³/mol. The third kappa shape index (κ3) is 3.72. The number of hydrogen-bond donors (Lipinski definition) is 2. The molecule has 104 valence electrons. The normalized spacial score (nSPS) is 27.1. The van der Waals surface area contributed by atoms with Crippen LogP contribution in [0.3, 0.4) is 0 Å². The summed E-state index contributed by atoms with van der Waals surface area (Å²) in [6, 6.07) is 4.48. The van der Waals surface area contributed by atoms with Crippen LogP contribution in [0.4, 0.5) is 4.39 Å². The van der Waals surface area contributed by atoms with Crippen molar-refractivity contribution < 1.29 is 9.18 Å². The van der Waals surface area contributed by atoms with E-state index in [1.165, 1.54) is 24.6 Å². The van der Waals surface area contributed by atoms with Gasteiger partial charge in [-0.3, -0.25) is 4.79 Å². The standard InChI is InChI=1S/C15H20FNOS/c1-9-5-10(2)7-12(6-9)17-15(18)11-3-4-13(16)14(19)8-11/h3-4,8-10,12,19H,5-7H2,1-2H3,(H,17,18). The first kappa shape index (κ1) is 14.4.